The molecule has 0 saturated heterocycles. The molecule has 6 amide bonds. The van der Waals surface area contributed by atoms with Crippen molar-refractivity contribution >= 4 is 52.3 Å². The summed E-state index contributed by atoms with van der Waals surface area (Å²) in [5, 5.41) is 24.1. The molecule has 1 unspecified atom stereocenters. The number of esters is 1. The second kappa shape index (κ2) is 26.1. The van der Waals surface area contributed by atoms with Crippen LogP contribution in [-0.2, 0) is 38.3 Å². The first kappa shape index (κ1) is 52.6. The highest BCUT2D eigenvalue weighted by Crippen LogP contribution is 2.23. The average molecular weight is 872 g/mol. The molecular weight excluding hydrogens is 803 g/mol. The smallest absolute Gasteiger partial charge is 0.328 e. The second-order valence-corrected chi connectivity index (χ2v) is 16.7. The quantitative estimate of drug-likeness (QED) is 0.0504. The van der Waals surface area contributed by atoms with Gasteiger partial charge < -0.3 is 51.6 Å². The van der Waals surface area contributed by atoms with Gasteiger partial charge in [0.15, 0.2) is 0 Å². The number of nitrogens with two attached hydrogens (primary N) is 1. The van der Waals surface area contributed by atoms with Crippen molar-refractivity contribution in [3.05, 3.63) is 30.3 Å². The predicted molar refractivity (Wildman–Crippen MR) is 232 cm³/mol. The number of ether oxygens (including phenoxy) is 3. The van der Waals surface area contributed by atoms with Gasteiger partial charge in [-0.05, 0) is 68.1 Å². The molecule has 0 spiro atoms. The number of rotatable bonds is 27. The van der Waals surface area contributed by atoms with Gasteiger partial charge in [-0.1, -0.05) is 61.8 Å². The van der Waals surface area contributed by atoms with E-state index in [0.29, 0.717) is 42.8 Å². The second-order valence-electron chi connectivity index (χ2n) is 16.7. The van der Waals surface area contributed by atoms with Crippen molar-refractivity contribution in [3.63, 3.8) is 0 Å². The topological polar surface area (TPSA) is 266 Å². The summed E-state index contributed by atoms with van der Waals surface area (Å²) < 4.78 is 16.6. The van der Waals surface area contributed by atoms with Gasteiger partial charge in [-0.2, -0.15) is 0 Å². The molecule has 1 aromatic carbocycles. The molecule has 18 nitrogen and oxygen atoms in total. The summed E-state index contributed by atoms with van der Waals surface area (Å²) >= 11 is 0. The van der Waals surface area contributed by atoms with Gasteiger partial charge >= 0.3 is 5.97 Å². The van der Waals surface area contributed by atoms with Crippen LogP contribution in [0, 0.1) is 23.7 Å². The van der Waals surface area contributed by atoms with E-state index in [-0.39, 0.29) is 61.5 Å². The fourth-order valence-corrected chi connectivity index (χ4v) is 6.32. The molecule has 18 heteroatoms. The van der Waals surface area contributed by atoms with E-state index in [4.69, 9.17) is 19.9 Å². The van der Waals surface area contributed by atoms with Crippen LogP contribution < -0.4 is 41.8 Å². The van der Waals surface area contributed by atoms with Crippen LogP contribution in [-0.4, -0.2) is 108 Å². The predicted octanol–water partition coefficient (Wildman–Crippen LogP) is 2.42. The Bertz CT molecular complexity index is 1820. The molecule has 0 aliphatic rings. The van der Waals surface area contributed by atoms with Crippen LogP contribution >= 0.6 is 0 Å². The maximum Gasteiger partial charge on any atom is 0.328 e. The zero-order valence-electron chi connectivity index (χ0n) is 37.9. The number of amides is 6. The Kier molecular flexibility index (Phi) is 22.1. The fraction of sp³-hybridized carbons (Fsp3) is 0.636. The molecule has 2 aromatic rings. The van der Waals surface area contributed by atoms with Crippen LogP contribution in [0.25, 0.3) is 10.9 Å². The molecule has 0 saturated carbocycles. The molecule has 62 heavy (non-hydrogen) atoms. The highest BCUT2D eigenvalue weighted by Gasteiger charge is 2.33. The van der Waals surface area contributed by atoms with Crippen molar-refractivity contribution < 1.29 is 52.9 Å². The summed E-state index contributed by atoms with van der Waals surface area (Å²) in [5.41, 5.74) is 5.91. The van der Waals surface area contributed by atoms with Gasteiger partial charge in [0, 0.05) is 30.4 Å². The summed E-state index contributed by atoms with van der Waals surface area (Å²) in [6.45, 7) is 16.3. The zero-order chi connectivity index (χ0) is 46.7. The molecular formula is C44H69N7O11. The first-order valence-corrected chi connectivity index (χ1v) is 21.4. The van der Waals surface area contributed by atoms with E-state index in [1.807, 2.05) is 32.9 Å². The summed E-state index contributed by atoms with van der Waals surface area (Å²) in [4.78, 5) is 93.8. The summed E-state index contributed by atoms with van der Waals surface area (Å²) in [5.74, 6) is -3.73. The normalized spacial score (nSPS) is 14.7. The Hall–Kier alpha value is -5.52. The number of aliphatic hydroxyl groups excluding tert-OH is 1. The maximum absolute atomic E-state index is 13.4. The number of hydrogen-bond acceptors (Lipinski definition) is 12. The largest absolute Gasteiger partial charge is 0.494 e. The Balaban J connectivity index is 1.91. The monoisotopic (exact) mass is 872 g/mol. The maximum atomic E-state index is 13.4. The number of carbonyl (C=O) groups is 7. The van der Waals surface area contributed by atoms with Crippen LogP contribution in [0.4, 0.5) is 0 Å². The van der Waals surface area contributed by atoms with E-state index in [9.17, 15) is 38.7 Å². The first-order chi connectivity index (χ1) is 29.2. The highest BCUT2D eigenvalue weighted by atomic mass is 16.5. The Morgan fingerprint density at radius 2 is 1.24 bits per heavy atom. The van der Waals surface area contributed by atoms with Crippen LogP contribution in [0.5, 0.6) is 11.6 Å². The SMILES string of the molecule is CC[C@H](C)[C@H](NC(=O)CCCOc1ccc2ccc(OCCCC(=O)N[C@H](C(=O)N[C@@H](CC(C)C)C(=O)N[C@H](C(=O)OC)C(C)C)C(C)C)nc2c1)C(=O)N[C@H](C(N)=O)C(C)O. The first-order valence-electron chi connectivity index (χ1n) is 21.4. The number of methoxy groups -OCH3 is 1. The van der Waals surface area contributed by atoms with E-state index < -0.39 is 65.9 Å². The number of benzene rings is 1. The van der Waals surface area contributed by atoms with Gasteiger partial charge in [0.25, 0.3) is 0 Å². The lowest BCUT2D eigenvalue weighted by atomic mass is 9.97. The Morgan fingerprint density at radius 3 is 1.77 bits per heavy atom. The summed E-state index contributed by atoms with van der Waals surface area (Å²) in [7, 11) is 1.24. The Labute approximate surface area is 364 Å². The van der Waals surface area contributed by atoms with E-state index in [1.54, 1.807) is 52.8 Å². The Morgan fingerprint density at radius 1 is 0.694 bits per heavy atom. The molecule has 0 radical (unpaired) electrons. The number of aliphatic hydroxyl groups is 1. The van der Waals surface area contributed by atoms with E-state index >= 15 is 0 Å². The molecule has 346 valence electrons. The van der Waals surface area contributed by atoms with Crippen LogP contribution in [0.3, 0.4) is 0 Å². The average Bonchev–Trinajstić information content (AvgIpc) is 3.21. The van der Waals surface area contributed by atoms with E-state index in [0.717, 1.165) is 5.39 Å². The molecule has 2 rings (SSSR count). The van der Waals surface area contributed by atoms with Gasteiger partial charge in [-0.15, -0.1) is 0 Å². The number of carbonyl (C=O) groups excluding carboxylic acids is 7. The van der Waals surface area contributed by atoms with Crippen LogP contribution in [0.2, 0.25) is 0 Å². The van der Waals surface area contributed by atoms with Crippen molar-refractivity contribution in [2.75, 3.05) is 20.3 Å². The number of aromatic nitrogens is 1. The van der Waals surface area contributed by atoms with Crippen molar-refractivity contribution in [2.45, 2.75) is 137 Å². The third kappa shape index (κ3) is 17.5. The van der Waals surface area contributed by atoms with Gasteiger partial charge in [0.05, 0.1) is 31.9 Å². The van der Waals surface area contributed by atoms with Crippen LogP contribution in [0.15, 0.2) is 30.3 Å². The molecule has 1 heterocycles. The van der Waals surface area contributed by atoms with Gasteiger partial charge in [-0.25, -0.2) is 9.78 Å². The minimum absolute atomic E-state index is 0.0435. The number of nitrogens with zero attached hydrogens (tertiary/aromatic N) is 1. The van der Waals surface area contributed by atoms with Crippen molar-refractivity contribution in [1.29, 1.82) is 0 Å². The third-order valence-corrected chi connectivity index (χ3v) is 10.2. The number of fused-ring (bicyclic) bond motifs is 1. The summed E-state index contributed by atoms with van der Waals surface area (Å²) in [6, 6.07) is 3.96. The van der Waals surface area contributed by atoms with Crippen molar-refractivity contribution in [2.24, 2.45) is 29.4 Å². The minimum atomic E-state index is -1.29. The van der Waals surface area contributed by atoms with E-state index in [1.165, 1.54) is 14.0 Å². The lowest BCUT2D eigenvalue weighted by molar-refractivity contribution is -0.146. The highest BCUT2D eigenvalue weighted by molar-refractivity contribution is 5.94. The van der Waals surface area contributed by atoms with E-state index in [2.05, 4.69) is 31.6 Å². The zero-order valence-corrected chi connectivity index (χ0v) is 37.9. The number of hydrogen-bond donors (Lipinski definition) is 7. The van der Waals surface area contributed by atoms with Gasteiger partial charge in [0.2, 0.25) is 41.3 Å². The fourth-order valence-electron chi connectivity index (χ4n) is 6.32. The van der Waals surface area contributed by atoms with Crippen LogP contribution in [0.1, 0.15) is 101 Å². The molecule has 8 N–H and O–H groups in total. The molecule has 7 atom stereocenters. The third-order valence-electron chi connectivity index (χ3n) is 10.2. The minimum Gasteiger partial charge on any atom is -0.494 e. The number of pyridine rings is 1. The molecule has 0 aliphatic heterocycles. The molecule has 0 fully saturated rings. The van der Waals surface area contributed by atoms with Gasteiger partial charge in [0.1, 0.15) is 36.0 Å². The summed E-state index contributed by atoms with van der Waals surface area (Å²) in [6.07, 6.45) is 0.492. The standard InChI is InChI=1S/C44H69N7O11/c1-11-27(8)38(43(58)51-39(28(9)52)40(45)55)49-34(54)14-12-20-61-30-18-16-29-17-19-35(46-31(29)23-30)62-21-13-15-33(53)48-36(25(4)5)42(57)47-32(22-24(2)3)41(56)50-37(26(6)7)44(59)60-10/h16-19,23-28,32,36-39,52H,11-15,20-22H2,1-10H3,(H2,45,55)(H,47,57)(H,48,53)(H,49,54)(H,50,56)(H,51,58)/t27-,28?,32-,36-,37-,38-,39-/m0/s1. The lowest BCUT2D eigenvalue weighted by Crippen LogP contribution is -2.57. The number of nitrogens with one attached hydrogen (secondary N) is 5. The molecule has 0 bridgehead atoms. The van der Waals surface area contributed by atoms with Crippen molar-refractivity contribution in [3.8, 4) is 11.6 Å². The molecule has 1 aromatic heterocycles. The lowest BCUT2D eigenvalue weighted by Gasteiger charge is -2.28. The van der Waals surface area contributed by atoms with Gasteiger partial charge in [-0.3, -0.25) is 28.8 Å². The van der Waals surface area contributed by atoms with Crippen molar-refractivity contribution in [1.82, 2.24) is 31.6 Å². The number of primary amides is 1. The molecule has 0 aliphatic carbocycles.